The Kier molecular flexibility index (Phi) is 3.48. The lowest BCUT2D eigenvalue weighted by atomic mass is 10.1. The summed E-state index contributed by atoms with van der Waals surface area (Å²) in [5.41, 5.74) is 8.35. The number of rotatable bonds is 2. The van der Waals surface area contributed by atoms with Gasteiger partial charge in [0, 0.05) is 25.4 Å². The lowest BCUT2D eigenvalue weighted by molar-refractivity contribution is -0.133. The average molecular weight is 319 g/mol. The van der Waals surface area contributed by atoms with Gasteiger partial charge < -0.3 is 16.0 Å². The van der Waals surface area contributed by atoms with Gasteiger partial charge in [-0.25, -0.2) is 0 Å². The van der Waals surface area contributed by atoms with Crippen LogP contribution in [0.5, 0.6) is 0 Å². The Morgan fingerprint density at radius 1 is 1.32 bits per heavy atom. The summed E-state index contributed by atoms with van der Waals surface area (Å²) >= 11 is 1.25. The third-order valence-electron chi connectivity index (χ3n) is 4.00. The number of nitrogens with two attached hydrogens (primary N) is 1. The van der Waals surface area contributed by atoms with Crippen LogP contribution in [-0.4, -0.2) is 46.0 Å². The average Bonchev–Trinajstić information content (AvgIpc) is 2.75. The summed E-state index contributed by atoms with van der Waals surface area (Å²) in [6.07, 6.45) is 0. The van der Waals surface area contributed by atoms with Crippen LogP contribution in [0.25, 0.3) is 10.2 Å². The van der Waals surface area contributed by atoms with E-state index in [1.807, 2.05) is 13.8 Å². The number of hydrogen-bond acceptors (Lipinski definition) is 6. The number of aromatic nitrogens is 2. The number of nitrogens with zero attached hydrogens (tertiary/aromatic N) is 3. The molecule has 1 aliphatic rings. The van der Waals surface area contributed by atoms with E-state index in [1.165, 1.54) is 18.3 Å². The first-order chi connectivity index (χ1) is 10.4. The summed E-state index contributed by atoms with van der Waals surface area (Å²) in [4.78, 5) is 26.3. The zero-order valence-electron chi connectivity index (χ0n) is 12.6. The van der Waals surface area contributed by atoms with Gasteiger partial charge in [0.15, 0.2) is 0 Å². The molecular weight excluding hydrogens is 302 g/mol. The number of nitrogens with one attached hydrogen (secondary N) is 1. The number of fused-ring (bicyclic) bond motifs is 1. The molecule has 0 unspecified atom stereocenters. The van der Waals surface area contributed by atoms with Crippen LogP contribution in [0, 0.1) is 13.8 Å². The zero-order valence-corrected chi connectivity index (χ0v) is 13.5. The molecule has 7 nitrogen and oxygen atoms in total. The number of carbonyl (C=O) groups is 2. The predicted molar refractivity (Wildman–Crippen MR) is 84.8 cm³/mol. The third kappa shape index (κ3) is 2.29. The second-order valence-electron chi connectivity index (χ2n) is 5.53. The van der Waals surface area contributed by atoms with E-state index in [0.717, 1.165) is 16.6 Å². The molecule has 0 bridgehead atoms. The van der Waals surface area contributed by atoms with Gasteiger partial charge in [0.1, 0.15) is 9.71 Å². The molecular formula is C14H17N5O2S. The van der Waals surface area contributed by atoms with Crippen molar-refractivity contribution in [1.29, 1.82) is 0 Å². The maximum Gasteiger partial charge on any atom is 0.263 e. The van der Waals surface area contributed by atoms with Crippen LogP contribution >= 0.6 is 11.3 Å². The van der Waals surface area contributed by atoms with Gasteiger partial charge in [0.05, 0.1) is 17.4 Å². The Morgan fingerprint density at radius 2 is 2.00 bits per heavy atom. The van der Waals surface area contributed by atoms with E-state index >= 15 is 0 Å². The van der Waals surface area contributed by atoms with Gasteiger partial charge in [0.2, 0.25) is 5.91 Å². The van der Waals surface area contributed by atoms with Gasteiger partial charge in [-0.3, -0.25) is 9.59 Å². The first-order valence-electron chi connectivity index (χ1n) is 6.96. The first-order valence-corrected chi connectivity index (χ1v) is 7.78. The second kappa shape index (κ2) is 5.20. The van der Waals surface area contributed by atoms with Crippen LogP contribution in [0.15, 0.2) is 0 Å². The molecule has 0 aromatic carbocycles. The molecule has 3 rings (SSSR count). The van der Waals surface area contributed by atoms with Gasteiger partial charge in [-0.2, -0.15) is 5.10 Å². The standard InChI is InChI=1S/C14H17N5O2S/c1-6-7(2)17-18-14-10(6)11(15)12(22-14)13(21)16-9-4-19(5-9)8(3)20/h9H,4-5,15H2,1-3H3,(H,16,21). The van der Waals surface area contributed by atoms with Crippen LogP contribution in [0.1, 0.15) is 27.9 Å². The lowest BCUT2D eigenvalue weighted by Crippen LogP contribution is -2.60. The molecule has 3 heterocycles. The quantitative estimate of drug-likeness (QED) is 0.854. The minimum atomic E-state index is -0.217. The van der Waals surface area contributed by atoms with E-state index in [9.17, 15) is 9.59 Å². The SMILES string of the molecule is CC(=O)N1CC(NC(=O)c2sc3nnc(C)c(C)c3c2N)C1. The smallest absolute Gasteiger partial charge is 0.263 e. The van der Waals surface area contributed by atoms with Crippen LogP contribution in [-0.2, 0) is 4.79 Å². The van der Waals surface area contributed by atoms with Gasteiger partial charge in [-0.05, 0) is 19.4 Å². The summed E-state index contributed by atoms with van der Waals surface area (Å²) < 4.78 is 0. The Hall–Kier alpha value is -2.22. The number of carbonyl (C=O) groups excluding carboxylic acids is 2. The molecule has 116 valence electrons. The molecule has 1 fully saturated rings. The van der Waals surface area contributed by atoms with Crippen molar-refractivity contribution in [2.45, 2.75) is 26.8 Å². The highest BCUT2D eigenvalue weighted by Gasteiger charge is 2.31. The Bertz CT molecular complexity index is 779. The minimum Gasteiger partial charge on any atom is -0.397 e. The highest BCUT2D eigenvalue weighted by atomic mass is 32.1. The minimum absolute atomic E-state index is 0.0186. The van der Waals surface area contributed by atoms with Crippen molar-refractivity contribution in [2.24, 2.45) is 0 Å². The molecule has 22 heavy (non-hydrogen) atoms. The fourth-order valence-electron chi connectivity index (χ4n) is 2.49. The van der Waals surface area contributed by atoms with Crippen molar-refractivity contribution >= 4 is 39.1 Å². The topological polar surface area (TPSA) is 101 Å². The van der Waals surface area contributed by atoms with E-state index in [2.05, 4.69) is 15.5 Å². The van der Waals surface area contributed by atoms with Gasteiger partial charge in [-0.1, -0.05) is 0 Å². The molecule has 0 radical (unpaired) electrons. The van der Waals surface area contributed by atoms with Crippen LogP contribution in [0.4, 0.5) is 5.69 Å². The molecule has 0 aliphatic carbocycles. The molecule has 2 aromatic heterocycles. The van der Waals surface area contributed by atoms with Crippen molar-refractivity contribution in [3.05, 3.63) is 16.1 Å². The second-order valence-corrected chi connectivity index (χ2v) is 6.53. The van der Waals surface area contributed by atoms with Gasteiger partial charge in [0.25, 0.3) is 5.91 Å². The number of anilines is 1. The van der Waals surface area contributed by atoms with Crippen LogP contribution in [0.2, 0.25) is 0 Å². The highest BCUT2D eigenvalue weighted by molar-refractivity contribution is 7.21. The van der Waals surface area contributed by atoms with E-state index in [4.69, 9.17) is 5.73 Å². The highest BCUT2D eigenvalue weighted by Crippen LogP contribution is 2.34. The van der Waals surface area contributed by atoms with Gasteiger partial charge >= 0.3 is 0 Å². The molecule has 0 spiro atoms. The number of aryl methyl sites for hydroxylation is 2. The Morgan fingerprint density at radius 3 is 2.64 bits per heavy atom. The Balaban J connectivity index is 1.82. The van der Waals surface area contributed by atoms with Crippen molar-refractivity contribution in [2.75, 3.05) is 18.8 Å². The van der Waals surface area contributed by atoms with E-state index in [1.54, 1.807) is 4.90 Å². The summed E-state index contributed by atoms with van der Waals surface area (Å²) in [5.74, 6) is -0.195. The number of hydrogen-bond donors (Lipinski definition) is 2. The van der Waals surface area contributed by atoms with Crippen LogP contribution < -0.4 is 11.1 Å². The van der Waals surface area contributed by atoms with Crippen LogP contribution in [0.3, 0.4) is 0 Å². The maximum absolute atomic E-state index is 12.4. The molecule has 2 amide bonds. The molecule has 0 saturated carbocycles. The number of thiophene rings is 1. The van der Waals surface area contributed by atoms with Crippen molar-refractivity contribution in [3.8, 4) is 0 Å². The fraction of sp³-hybridized carbons (Fsp3) is 0.429. The van der Waals surface area contributed by atoms with Crippen molar-refractivity contribution in [3.63, 3.8) is 0 Å². The van der Waals surface area contributed by atoms with Gasteiger partial charge in [-0.15, -0.1) is 16.4 Å². The number of amides is 2. The van der Waals surface area contributed by atoms with E-state index in [-0.39, 0.29) is 17.9 Å². The normalized spacial score (nSPS) is 15.0. The molecule has 8 heteroatoms. The summed E-state index contributed by atoms with van der Waals surface area (Å²) in [7, 11) is 0. The maximum atomic E-state index is 12.4. The molecule has 3 N–H and O–H groups in total. The predicted octanol–water partition coefficient (Wildman–Crippen LogP) is 0.851. The summed E-state index contributed by atoms with van der Waals surface area (Å²) in [6.45, 7) is 6.40. The van der Waals surface area contributed by atoms with Crippen molar-refractivity contribution < 1.29 is 9.59 Å². The first kappa shape index (κ1) is 14.7. The third-order valence-corrected chi connectivity index (χ3v) is 5.09. The van der Waals surface area contributed by atoms with Crippen molar-refractivity contribution in [1.82, 2.24) is 20.4 Å². The number of nitrogen functional groups attached to an aromatic ring is 1. The number of likely N-dealkylation sites (tertiary alicyclic amines) is 1. The zero-order chi connectivity index (χ0) is 16.0. The summed E-state index contributed by atoms with van der Waals surface area (Å²) in [5, 5.41) is 11.9. The lowest BCUT2D eigenvalue weighted by Gasteiger charge is -2.38. The van der Waals surface area contributed by atoms with E-state index in [0.29, 0.717) is 28.5 Å². The monoisotopic (exact) mass is 319 g/mol. The Labute approximate surface area is 131 Å². The largest absolute Gasteiger partial charge is 0.397 e. The van der Waals surface area contributed by atoms with E-state index < -0.39 is 0 Å². The summed E-state index contributed by atoms with van der Waals surface area (Å²) in [6, 6.07) is -0.0186. The molecule has 2 aromatic rings. The molecule has 1 aliphatic heterocycles. The molecule has 1 saturated heterocycles. The molecule has 0 atom stereocenters. The fourth-order valence-corrected chi connectivity index (χ4v) is 3.49.